The van der Waals surface area contributed by atoms with Crippen molar-refractivity contribution < 1.29 is 0 Å². The molecule has 0 fully saturated rings. The topological polar surface area (TPSA) is 84.3 Å². The summed E-state index contributed by atoms with van der Waals surface area (Å²) in [5, 5.41) is 14.2. The minimum atomic E-state index is 0.715. The smallest absolute Gasteiger partial charge is 0.143 e. The number of aromatic nitrogens is 6. The Labute approximate surface area is 109 Å². The average Bonchev–Trinajstić information content (AvgIpc) is 3.11. The molecule has 2 N–H and O–H groups in total. The van der Waals surface area contributed by atoms with E-state index in [-0.39, 0.29) is 0 Å². The molecule has 7 heteroatoms. The second-order valence-corrected chi connectivity index (χ2v) is 4.08. The summed E-state index contributed by atoms with van der Waals surface area (Å²) in [6.45, 7) is 0.715. The van der Waals surface area contributed by atoms with Gasteiger partial charge in [-0.3, -0.25) is 0 Å². The van der Waals surface area contributed by atoms with Crippen LogP contribution in [0.2, 0.25) is 0 Å². The molecule has 0 radical (unpaired) electrons. The van der Waals surface area contributed by atoms with E-state index in [0.29, 0.717) is 6.54 Å². The van der Waals surface area contributed by atoms with Crippen LogP contribution in [0.15, 0.2) is 36.8 Å². The Morgan fingerprint density at radius 2 is 2.32 bits per heavy atom. The Balaban J connectivity index is 1.94. The van der Waals surface area contributed by atoms with E-state index >= 15 is 0 Å². The number of imidazole rings is 1. The third-order valence-electron chi connectivity index (χ3n) is 2.74. The van der Waals surface area contributed by atoms with E-state index in [2.05, 4.69) is 30.8 Å². The van der Waals surface area contributed by atoms with Crippen LogP contribution in [0.5, 0.6) is 0 Å². The van der Waals surface area contributed by atoms with E-state index in [1.807, 2.05) is 37.5 Å². The molecular formula is C12H13N7. The molecule has 0 atom stereocenters. The largest absolute Gasteiger partial charge is 0.341 e. The summed E-state index contributed by atoms with van der Waals surface area (Å²) in [6, 6.07) is 7.94. The van der Waals surface area contributed by atoms with E-state index < -0.39 is 0 Å². The van der Waals surface area contributed by atoms with E-state index in [4.69, 9.17) is 0 Å². The highest BCUT2D eigenvalue weighted by molar-refractivity contribution is 5.61. The normalized spacial score (nSPS) is 10.8. The van der Waals surface area contributed by atoms with Gasteiger partial charge in [-0.15, -0.1) is 5.10 Å². The molecule has 0 aliphatic rings. The van der Waals surface area contributed by atoms with Crippen LogP contribution in [0.25, 0.3) is 16.9 Å². The highest BCUT2D eigenvalue weighted by atomic mass is 15.5. The standard InChI is InChI=1S/C12H13N7/c1-13-7-12-14-6-11(16-12)9-3-2-4-10(5-9)19-8-15-17-18-19/h2-6,8,13H,7H2,1H3,(H,14,16). The molecule has 19 heavy (non-hydrogen) atoms. The summed E-state index contributed by atoms with van der Waals surface area (Å²) in [4.78, 5) is 7.58. The third kappa shape index (κ3) is 2.36. The maximum absolute atomic E-state index is 4.31. The first kappa shape index (κ1) is 11.5. The quantitative estimate of drug-likeness (QED) is 0.719. The van der Waals surface area contributed by atoms with Gasteiger partial charge in [-0.2, -0.15) is 0 Å². The van der Waals surface area contributed by atoms with Crippen molar-refractivity contribution in [2.45, 2.75) is 6.54 Å². The fourth-order valence-electron chi connectivity index (χ4n) is 1.86. The van der Waals surface area contributed by atoms with Gasteiger partial charge in [0.2, 0.25) is 0 Å². The number of H-pyrrole nitrogens is 1. The number of hydrogen-bond acceptors (Lipinski definition) is 5. The molecule has 2 heterocycles. The molecule has 3 aromatic rings. The zero-order valence-corrected chi connectivity index (χ0v) is 10.4. The number of nitrogens with zero attached hydrogens (tertiary/aromatic N) is 5. The van der Waals surface area contributed by atoms with Crippen molar-refractivity contribution in [3.05, 3.63) is 42.6 Å². The van der Waals surface area contributed by atoms with Crippen molar-refractivity contribution in [3.8, 4) is 16.9 Å². The van der Waals surface area contributed by atoms with E-state index in [9.17, 15) is 0 Å². The van der Waals surface area contributed by atoms with Crippen molar-refractivity contribution in [1.82, 2.24) is 35.5 Å². The lowest BCUT2D eigenvalue weighted by Gasteiger charge is -2.02. The van der Waals surface area contributed by atoms with E-state index in [1.165, 1.54) is 0 Å². The molecule has 0 aliphatic carbocycles. The molecule has 0 bridgehead atoms. The predicted molar refractivity (Wildman–Crippen MR) is 69.5 cm³/mol. The third-order valence-corrected chi connectivity index (χ3v) is 2.74. The van der Waals surface area contributed by atoms with Gasteiger partial charge in [0.25, 0.3) is 0 Å². The van der Waals surface area contributed by atoms with Gasteiger partial charge in [-0.25, -0.2) is 9.67 Å². The molecule has 0 saturated heterocycles. The molecular weight excluding hydrogens is 242 g/mol. The number of tetrazole rings is 1. The summed E-state index contributed by atoms with van der Waals surface area (Å²) in [7, 11) is 1.89. The average molecular weight is 255 g/mol. The number of rotatable bonds is 4. The van der Waals surface area contributed by atoms with Crippen molar-refractivity contribution in [1.29, 1.82) is 0 Å². The van der Waals surface area contributed by atoms with Crippen LogP contribution in [0, 0.1) is 0 Å². The zero-order valence-electron chi connectivity index (χ0n) is 10.4. The maximum Gasteiger partial charge on any atom is 0.143 e. The first-order valence-corrected chi connectivity index (χ1v) is 5.89. The SMILES string of the molecule is CNCc1ncc(-c2cccc(-n3cnnn3)c2)[nH]1. The van der Waals surface area contributed by atoms with Gasteiger partial charge in [0.05, 0.1) is 24.1 Å². The monoisotopic (exact) mass is 255 g/mol. The second-order valence-electron chi connectivity index (χ2n) is 4.08. The van der Waals surface area contributed by atoms with Gasteiger partial charge in [0.1, 0.15) is 12.2 Å². The maximum atomic E-state index is 4.31. The van der Waals surface area contributed by atoms with Gasteiger partial charge in [-0.05, 0) is 29.6 Å². The van der Waals surface area contributed by atoms with Crippen LogP contribution in [-0.2, 0) is 6.54 Å². The molecule has 96 valence electrons. The van der Waals surface area contributed by atoms with Crippen LogP contribution in [0.1, 0.15) is 5.82 Å². The van der Waals surface area contributed by atoms with E-state index in [1.54, 1.807) is 11.0 Å². The highest BCUT2D eigenvalue weighted by Crippen LogP contribution is 2.19. The van der Waals surface area contributed by atoms with Crippen molar-refractivity contribution in [2.75, 3.05) is 7.05 Å². The first-order chi connectivity index (χ1) is 9.36. The molecule has 7 nitrogen and oxygen atoms in total. The van der Waals surface area contributed by atoms with Crippen molar-refractivity contribution in [2.24, 2.45) is 0 Å². The van der Waals surface area contributed by atoms with E-state index in [0.717, 1.165) is 22.8 Å². The Morgan fingerprint density at radius 3 is 3.11 bits per heavy atom. The zero-order chi connectivity index (χ0) is 13.1. The molecule has 2 aromatic heterocycles. The fraction of sp³-hybridized carbons (Fsp3) is 0.167. The summed E-state index contributed by atoms with van der Waals surface area (Å²) < 4.78 is 1.62. The molecule has 3 rings (SSSR count). The molecule has 0 amide bonds. The number of aromatic amines is 1. The van der Waals surface area contributed by atoms with Crippen molar-refractivity contribution >= 4 is 0 Å². The van der Waals surface area contributed by atoms with Crippen LogP contribution < -0.4 is 5.32 Å². The predicted octanol–water partition coefficient (Wildman–Crippen LogP) is 0.772. The fourth-order valence-corrected chi connectivity index (χ4v) is 1.86. The molecule has 1 aromatic carbocycles. The number of nitrogens with one attached hydrogen (secondary N) is 2. The number of hydrogen-bond donors (Lipinski definition) is 2. The summed E-state index contributed by atoms with van der Waals surface area (Å²) in [5.41, 5.74) is 2.93. The van der Waals surface area contributed by atoms with Crippen LogP contribution in [0.4, 0.5) is 0 Å². The number of benzene rings is 1. The highest BCUT2D eigenvalue weighted by Gasteiger charge is 2.05. The van der Waals surface area contributed by atoms with Crippen LogP contribution in [0.3, 0.4) is 0 Å². The lowest BCUT2D eigenvalue weighted by atomic mass is 10.1. The molecule has 0 unspecified atom stereocenters. The molecule has 0 saturated carbocycles. The molecule has 0 spiro atoms. The Morgan fingerprint density at radius 1 is 1.37 bits per heavy atom. The van der Waals surface area contributed by atoms with Crippen LogP contribution in [-0.4, -0.2) is 37.2 Å². The lowest BCUT2D eigenvalue weighted by molar-refractivity contribution is 0.772. The van der Waals surface area contributed by atoms with Gasteiger partial charge in [-0.1, -0.05) is 12.1 Å². The Hall–Kier alpha value is -2.54. The van der Waals surface area contributed by atoms with Gasteiger partial charge >= 0.3 is 0 Å². The Kier molecular flexibility index (Phi) is 3.03. The molecule has 0 aliphatic heterocycles. The minimum Gasteiger partial charge on any atom is -0.341 e. The van der Waals surface area contributed by atoms with Gasteiger partial charge < -0.3 is 10.3 Å². The van der Waals surface area contributed by atoms with Gasteiger partial charge in [0, 0.05) is 5.56 Å². The second kappa shape index (κ2) is 4.99. The van der Waals surface area contributed by atoms with Crippen molar-refractivity contribution in [3.63, 3.8) is 0 Å². The Bertz CT molecular complexity index is 656. The van der Waals surface area contributed by atoms with Crippen LogP contribution >= 0.6 is 0 Å². The first-order valence-electron chi connectivity index (χ1n) is 5.89. The minimum absolute atomic E-state index is 0.715. The summed E-state index contributed by atoms with van der Waals surface area (Å²) in [6.07, 6.45) is 3.39. The van der Waals surface area contributed by atoms with Gasteiger partial charge in [0.15, 0.2) is 0 Å². The summed E-state index contributed by atoms with van der Waals surface area (Å²) in [5.74, 6) is 0.908. The summed E-state index contributed by atoms with van der Waals surface area (Å²) >= 11 is 0. The lowest BCUT2D eigenvalue weighted by Crippen LogP contribution is -2.06.